The maximum Gasteiger partial charge on any atom is 0.248 e. The molecule has 1 aliphatic rings. The zero-order valence-electron chi connectivity index (χ0n) is 7.05. The quantitative estimate of drug-likeness (QED) is 0.642. The summed E-state index contributed by atoms with van der Waals surface area (Å²) in [4.78, 5) is 13.6. The minimum absolute atomic E-state index is 0.0180. The van der Waals surface area contributed by atoms with E-state index in [2.05, 4.69) is 10.3 Å². The fourth-order valence-corrected chi connectivity index (χ4v) is 1.51. The second kappa shape index (κ2) is 2.75. The molecular formula is C9H12N2O. The average Bonchev–Trinajstić information content (AvgIpc) is 1.91. The molecule has 12 heavy (non-hydrogen) atoms. The van der Waals surface area contributed by atoms with E-state index in [1.165, 1.54) is 12.0 Å². The minimum atomic E-state index is -0.0180. The summed E-state index contributed by atoms with van der Waals surface area (Å²) in [5, 5.41) is 3.30. The van der Waals surface area contributed by atoms with Crippen LogP contribution in [0, 0.1) is 6.92 Å². The fraction of sp³-hybridized carbons (Fsp3) is 0.444. The van der Waals surface area contributed by atoms with Crippen LogP contribution in [0.3, 0.4) is 0 Å². The van der Waals surface area contributed by atoms with E-state index < -0.39 is 0 Å². The van der Waals surface area contributed by atoms with E-state index in [1.807, 2.05) is 13.1 Å². The Labute approximate surface area is 70.8 Å². The Morgan fingerprint density at radius 1 is 1.58 bits per heavy atom. The molecule has 3 heteroatoms. The first kappa shape index (κ1) is 7.55. The highest BCUT2D eigenvalue weighted by molar-refractivity contribution is 5.26. The number of aromatic amines is 1. The second-order valence-corrected chi connectivity index (χ2v) is 3.23. The summed E-state index contributed by atoms with van der Waals surface area (Å²) in [5.41, 5.74) is 2.28. The molecule has 1 aromatic rings. The van der Waals surface area contributed by atoms with E-state index in [1.54, 1.807) is 6.07 Å². The summed E-state index contributed by atoms with van der Waals surface area (Å²) in [5.74, 6) is 0. The van der Waals surface area contributed by atoms with Crippen LogP contribution < -0.4 is 10.9 Å². The molecular weight excluding hydrogens is 152 g/mol. The molecule has 3 nitrogen and oxygen atoms in total. The van der Waals surface area contributed by atoms with Gasteiger partial charge in [-0.1, -0.05) is 0 Å². The largest absolute Gasteiger partial charge is 0.329 e. The third kappa shape index (κ3) is 1.16. The summed E-state index contributed by atoms with van der Waals surface area (Å²) in [7, 11) is 0. The van der Waals surface area contributed by atoms with Gasteiger partial charge in [0.15, 0.2) is 0 Å². The molecule has 0 bridgehead atoms. The normalized spacial score (nSPS) is 21.9. The Balaban J connectivity index is 2.37. The van der Waals surface area contributed by atoms with Crippen molar-refractivity contribution in [3.8, 4) is 0 Å². The Morgan fingerprint density at radius 2 is 2.33 bits per heavy atom. The molecule has 0 aliphatic carbocycles. The van der Waals surface area contributed by atoms with Gasteiger partial charge in [0.25, 0.3) is 0 Å². The van der Waals surface area contributed by atoms with Gasteiger partial charge in [0.1, 0.15) is 0 Å². The minimum Gasteiger partial charge on any atom is -0.329 e. The maximum absolute atomic E-state index is 10.9. The van der Waals surface area contributed by atoms with Crippen LogP contribution in [0.2, 0.25) is 0 Å². The van der Waals surface area contributed by atoms with Crippen LogP contribution in [0.15, 0.2) is 17.1 Å². The number of hydrogen-bond donors (Lipinski definition) is 2. The standard InChI is InChI=1S/C9H12N2O/c1-6-4-9(12)11-5-7(6)8-2-3-10-8/h4-5,8,10H,2-3H2,1H3,(H,11,12)/t8-/m0/s1. The van der Waals surface area contributed by atoms with Crippen LogP contribution in [-0.2, 0) is 0 Å². The van der Waals surface area contributed by atoms with Gasteiger partial charge < -0.3 is 10.3 Å². The summed E-state index contributed by atoms with van der Waals surface area (Å²) in [6.07, 6.45) is 2.99. The van der Waals surface area contributed by atoms with E-state index in [0.717, 1.165) is 12.1 Å². The number of H-pyrrole nitrogens is 1. The topological polar surface area (TPSA) is 44.9 Å². The molecule has 0 unspecified atom stereocenters. The lowest BCUT2D eigenvalue weighted by atomic mass is 9.96. The molecule has 0 saturated carbocycles. The maximum atomic E-state index is 10.9. The van der Waals surface area contributed by atoms with Gasteiger partial charge in [0.2, 0.25) is 5.56 Å². The van der Waals surface area contributed by atoms with E-state index in [-0.39, 0.29) is 5.56 Å². The van der Waals surface area contributed by atoms with Gasteiger partial charge in [-0.25, -0.2) is 0 Å². The Hall–Kier alpha value is -1.09. The van der Waals surface area contributed by atoms with Crippen molar-refractivity contribution in [2.24, 2.45) is 0 Å². The van der Waals surface area contributed by atoms with E-state index >= 15 is 0 Å². The molecule has 1 saturated heterocycles. The molecule has 2 N–H and O–H groups in total. The van der Waals surface area contributed by atoms with Gasteiger partial charge in [-0.05, 0) is 31.0 Å². The lowest BCUT2D eigenvalue weighted by Crippen LogP contribution is -2.35. The van der Waals surface area contributed by atoms with Gasteiger partial charge in [0, 0.05) is 18.3 Å². The Morgan fingerprint density at radius 3 is 2.83 bits per heavy atom. The summed E-state index contributed by atoms with van der Waals surface area (Å²) >= 11 is 0. The number of hydrogen-bond acceptors (Lipinski definition) is 2. The smallest absolute Gasteiger partial charge is 0.248 e. The highest BCUT2D eigenvalue weighted by atomic mass is 16.1. The summed E-state index contributed by atoms with van der Waals surface area (Å²) in [6, 6.07) is 2.11. The monoisotopic (exact) mass is 164 g/mol. The molecule has 1 aliphatic heterocycles. The van der Waals surface area contributed by atoms with Crippen molar-refractivity contribution in [3.63, 3.8) is 0 Å². The van der Waals surface area contributed by atoms with Crippen LogP contribution in [0.1, 0.15) is 23.6 Å². The van der Waals surface area contributed by atoms with Gasteiger partial charge in [-0.2, -0.15) is 0 Å². The van der Waals surface area contributed by atoms with Gasteiger partial charge >= 0.3 is 0 Å². The molecule has 0 radical (unpaired) electrons. The molecule has 2 heterocycles. The van der Waals surface area contributed by atoms with Crippen molar-refractivity contribution in [2.75, 3.05) is 6.54 Å². The third-order valence-electron chi connectivity index (χ3n) is 2.37. The fourth-order valence-electron chi connectivity index (χ4n) is 1.51. The van der Waals surface area contributed by atoms with E-state index in [0.29, 0.717) is 6.04 Å². The molecule has 64 valence electrons. The number of aryl methyl sites for hydroxylation is 1. The van der Waals surface area contributed by atoms with Crippen LogP contribution in [0.25, 0.3) is 0 Å². The molecule has 1 atom stereocenters. The first-order valence-corrected chi connectivity index (χ1v) is 4.20. The first-order valence-electron chi connectivity index (χ1n) is 4.20. The number of nitrogens with one attached hydrogen (secondary N) is 2. The van der Waals surface area contributed by atoms with Gasteiger partial charge in [-0.15, -0.1) is 0 Å². The summed E-state index contributed by atoms with van der Waals surface area (Å²) < 4.78 is 0. The SMILES string of the molecule is Cc1cc(=O)[nH]cc1[C@@H]1CCN1. The van der Waals surface area contributed by atoms with Crippen molar-refractivity contribution >= 4 is 0 Å². The van der Waals surface area contributed by atoms with Crippen molar-refractivity contribution in [3.05, 3.63) is 33.7 Å². The lowest BCUT2D eigenvalue weighted by Gasteiger charge is -2.28. The Kier molecular flexibility index (Phi) is 1.73. The molecule has 2 rings (SSSR count). The van der Waals surface area contributed by atoms with Crippen molar-refractivity contribution in [1.29, 1.82) is 0 Å². The summed E-state index contributed by atoms with van der Waals surface area (Å²) in [6.45, 7) is 3.06. The van der Waals surface area contributed by atoms with Crippen molar-refractivity contribution in [2.45, 2.75) is 19.4 Å². The van der Waals surface area contributed by atoms with Crippen LogP contribution in [0.5, 0.6) is 0 Å². The first-order chi connectivity index (χ1) is 5.77. The molecule has 0 amide bonds. The van der Waals surface area contributed by atoms with E-state index in [9.17, 15) is 4.79 Å². The highest BCUT2D eigenvalue weighted by Crippen LogP contribution is 2.23. The molecule has 0 spiro atoms. The Bertz CT molecular complexity index is 339. The second-order valence-electron chi connectivity index (χ2n) is 3.23. The number of rotatable bonds is 1. The van der Waals surface area contributed by atoms with Gasteiger partial charge in [-0.3, -0.25) is 4.79 Å². The van der Waals surface area contributed by atoms with Crippen molar-refractivity contribution in [1.82, 2.24) is 10.3 Å². The molecule has 1 fully saturated rings. The number of pyridine rings is 1. The zero-order chi connectivity index (χ0) is 8.55. The van der Waals surface area contributed by atoms with Crippen molar-refractivity contribution < 1.29 is 0 Å². The molecule has 0 aromatic carbocycles. The van der Waals surface area contributed by atoms with Crippen LogP contribution in [0.4, 0.5) is 0 Å². The zero-order valence-corrected chi connectivity index (χ0v) is 7.05. The highest BCUT2D eigenvalue weighted by Gasteiger charge is 2.19. The third-order valence-corrected chi connectivity index (χ3v) is 2.37. The predicted octanol–water partition coefficient (Wildman–Crippen LogP) is 0.718. The average molecular weight is 164 g/mol. The van der Waals surface area contributed by atoms with Crippen LogP contribution >= 0.6 is 0 Å². The lowest BCUT2D eigenvalue weighted by molar-refractivity contribution is 0.381. The molecule has 1 aromatic heterocycles. The van der Waals surface area contributed by atoms with Gasteiger partial charge in [0.05, 0.1) is 0 Å². The predicted molar refractivity (Wildman–Crippen MR) is 47.2 cm³/mol. The van der Waals surface area contributed by atoms with E-state index in [4.69, 9.17) is 0 Å². The number of aromatic nitrogens is 1. The van der Waals surface area contributed by atoms with Crippen LogP contribution in [-0.4, -0.2) is 11.5 Å².